The number of hydrogen-bond donors (Lipinski definition) is 0. The van der Waals surface area contributed by atoms with Crippen molar-refractivity contribution >= 4 is 5.91 Å². The van der Waals surface area contributed by atoms with Gasteiger partial charge >= 0.3 is 0 Å². The molecule has 5 nitrogen and oxygen atoms in total. The molecule has 4 heterocycles. The van der Waals surface area contributed by atoms with E-state index in [1.807, 2.05) is 23.6 Å². The fourth-order valence-electron chi connectivity index (χ4n) is 5.94. The van der Waals surface area contributed by atoms with Gasteiger partial charge in [0.2, 0.25) is 5.91 Å². The highest BCUT2D eigenvalue weighted by molar-refractivity contribution is 5.90. The summed E-state index contributed by atoms with van der Waals surface area (Å²) in [4.78, 5) is 17.4. The summed E-state index contributed by atoms with van der Waals surface area (Å²) in [6.45, 7) is 5.97. The second-order valence-corrected chi connectivity index (χ2v) is 8.33. The summed E-state index contributed by atoms with van der Waals surface area (Å²) in [5, 5.41) is 4.77. The Kier molecular flexibility index (Phi) is 3.54. The van der Waals surface area contributed by atoms with Crippen LogP contribution in [0, 0.1) is 25.6 Å². The van der Waals surface area contributed by atoms with Crippen LogP contribution in [0.25, 0.3) is 5.69 Å². The minimum absolute atomic E-state index is 0.240. The first-order chi connectivity index (χ1) is 12.9. The highest BCUT2D eigenvalue weighted by Gasteiger charge is 2.64. The van der Waals surface area contributed by atoms with Crippen LogP contribution in [-0.2, 0) is 4.79 Å². The predicted molar refractivity (Wildman–Crippen MR) is 100 cm³/mol. The quantitative estimate of drug-likeness (QED) is 0.818. The molecule has 3 atom stereocenters. The van der Waals surface area contributed by atoms with Gasteiger partial charge in [-0.05, 0) is 63.9 Å². The summed E-state index contributed by atoms with van der Waals surface area (Å²) in [6.07, 6.45) is 3.06. The summed E-state index contributed by atoms with van der Waals surface area (Å²) in [5.41, 5.74) is 3.91. The van der Waals surface area contributed by atoms with Gasteiger partial charge in [0.25, 0.3) is 0 Å². The molecule has 0 unspecified atom stereocenters. The number of hydrogen-bond acceptors (Lipinski definition) is 3. The molecule has 1 amide bonds. The first-order valence-corrected chi connectivity index (χ1v) is 9.78. The monoisotopic (exact) mass is 368 g/mol. The van der Waals surface area contributed by atoms with Crippen molar-refractivity contribution in [1.82, 2.24) is 19.6 Å². The van der Waals surface area contributed by atoms with E-state index in [0.29, 0.717) is 11.8 Å². The zero-order valence-electron chi connectivity index (χ0n) is 16.1. The van der Waals surface area contributed by atoms with Gasteiger partial charge in [-0.15, -0.1) is 0 Å². The molecule has 2 aromatic rings. The van der Waals surface area contributed by atoms with E-state index in [9.17, 15) is 9.18 Å². The molecule has 0 N–H and O–H groups in total. The van der Waals surface area contributed by atoms with E-state index in [1.54, 1.807) is 12.1 Å². The van der Waals surface area contributed by atoms with Crippen LogP contribution in [0.3, 0.4) is 0 Å². The number of carbonyl (C=O) groups is 1. The SMILES string of the molecule is Cc1nn(-c2ccc(F)cc2)c(C)c1[C@@H]1C[C@H]2CN(C)C(=O)[C@]23CCCN13. The maximum Gasteiger partial charge on any atom is 0.243 e. The third kappa shape index (κ3) is 2.13. The third-order valence-electron chi connectivity index (χ3n) is 6.99. The normalized spacial score (nSPS) is 30.2. The van der Waals surface area contributed by atoms with E-state index in [1.165, 1.54) is 17.7 Å². The number of aryl methyl sites for hydroxylation is 1. The number of rotatable bonds is 2. The van der Waals surface area contributed by atoms with Gasteiger partial charge in [0.05, 0.1) is 11.4 Å². The Morgan fingerprint density at radius 1 is 1.22 bits per heavy atom. The molecule has 1 aromatic heterocycles. The molecule has 0 radical (unpaired) electrons. The van der Waals surface area contributed by atoms with Crippen molar-refractivity contribution in [2.24, 2.45) is 5.92 Å². The summed E-state index contributed by atoms with van der Waals surface area (Å²) in [6, 6.07) is 6.70. The summed E-state index contributed by atoms with van der Waals surface area (Å²) in [7, 11) is 1.93. The van der Waals surface area contributed by atoms with Crippen molar-refractivity contribution in [2.45, 2.75) is 44.7 Å². The van der Waals surface area contributed by atoms with E-state index in [0.717, 1.165) is 49.4 Å². The molecular formula is C21H25FN4O. The number of amides is 1. The molecular weight excluding hydrogens is 343 g/mol. The number of benzene rings is 1. The van der Waals surface area contributed by atoms with Gasteiger partial charge in [-0.2, -0.15) is 5.10 Å². The molecule has 3 aliphatic rings. The Morgan fingerprint density at radius 2 is 1.96 bits per heavy atom. The van der Waals surface area contributed by atoms with E-state index in [2.05, 4.69) is 11.8 Å². The van der Waals surface area contributed by atoms with Gasteiger partial charge in [-0.25, -0.2) is 9.07 Å². The largest absolute Gasteiger partial charge is 0.344 e. The first-order valence-electron chi connectivity index (χ1n) is 9.78. The lowest BCUT2D eigenvalue weighted by Gasteiger charge is -2.33. The molecule has 5 rings (SSSR count). The lowest BCUT2D eigenvalue weighted by Crippen LogP contribution is -2.49. The molecule has 142 valence electrons. The zero-order valence-corrected chi connectivity index (χ0v) is 16.1. The Labute approximate surface area is 158 Å². The Balaban J connectivity index is 1.57. The number of nitrogens with zero attached hydrogens (tertiary/aromatic N) is 4. The van der Waals surface area contributed by atoms with Crippen molar-refractivity contribution in [3.05, 3.63) is 47.0 Å². The molecule has 0 saturated carbocycles. The average Bonchev–Trinajstić information content (AvgIpc) is 3.33. The lowest BCUT2D eigenvalue weighted by molar-refractivity contribution is -0.135. The summed E-state index contributed by atoms with van der Waals surface area (Å²) in [5.74, 6) is 0.454. The molecule has 1 aromatic carbocycles. The highest BCUT2D eigenvalue weighted by atomic mass is 19.1. The fourth-order valence-corrected chi connectivity index (χ4v) is 5.94. The highest BCUT2D eigenvalue weighted by Crippen LogP contribution is 2.56. The smallest absolute Gasteiger partial charge is 0.243 e. The van der Waals surface area contributed by atoms with E-state index in [-0.39, 0.29) is 17.4 Å². The van der Waals surface area contributed by atoms with Crippen LogP contribution < -0.4 is 0 Å². The number of likely N-dealkylation sites (tertiary alicyclic amines) is 1. The number of carbonyl (C=O) groups excluding carboxylic acids is 1. The van der Waals surface area contributed by atoms with Gasteiger partial charge in [0.15, 0.2) is 0 Å². The van der Waals surface area contributed by atoms with Gasteiger partial charge in [-0.3, -0.25) is 9.69 Å². The van der Waals surface area contributed by atoms with Crippen LogP contribution in [0.4, 0.5) is 4.39 Å². The Hall–Kier alpha value is -2.21. The van der Waals surface area contributed by atoms with Crippen molar-refractivity contribution in [3.63, 3.8) is 0 Å². The van der Waals surface area contributed by atoms with E-state index < -0.39 is 0 Å². The third-order valence-corrected chi connectivity index (χ3v) is 6.99. The predicted octanol–water partition coefficient (Wildman–Crippen LogP) is 3.00. The maximum absolute atomic E-state index is 13.3. The van der Waals surface area contributed by atoms with Crippen LogP contribution in [0.15, 0.2) is 24.3 Å². The first kappa shape index (κ1) is 16.9. The van der Waals surface area contributed by atoms with Crippen molar-refractivity contribution in [1.29, 1.82) is 0 Å². The molecule has 6 heteroatoms. The van der Waals surface area contributed by atoms with Gasteiger partial charge in [0.1, 0.15) is 11.4 Å². The second-order valence-electron chi connectivity index (χ2n) is 8.33. The molecule has 27 heavy (non-hydrogen) atoms. The minimum Gasteiger partial charge on any atom is -0.344 e. The number of halogens is 1. The Morgan fingerprint density at radius 3 is 2.70 bits per heavy atom. The van der Waals surface area contributed by atoms with Gasteiger partial charge < -0.3 is 4.90 Å². The average molecular weight is 368 g/mol. The molecule has 3 aliphatic heterocycles. The fraction of sp³-hybridized carbons (Fsp3) is 0.524. The summed E-state index contributed by atoms with van der Waals surface area (Å²) < 4.78 is 15.2. The Bertz CT molecular complexity index is 921. The number of aromatic nitrogens is 2. The van der Waals surface area contributed by atoms with Crippen LogP contribution in [0.2, 0.25) is 0 Å². The number of likely N-dealkylation sites (N-methyl/N-ethyl adjacent to an activating group) is 1. The minimum atomic E-state index is -0.295. The summed E-state index contributed by atoms with van der Waals surface area (Å²) >= 11 is 0. The van der Waals surface area contributed by atoms with Crippen molar-refractivity contribution in [2.75, 3.05) is 20.1 Å². The zero-order chi connectivity index (χ0) is 18.9. The van der Waals surface area contributed by atoms with Crippen LogP contribution in [0.1, 0.15) is 42.3 Å². The second kappa shape index (κ2) is 5.64. The maximum atomic E-state index is 13.3. The van der Waals surface area contributed by atoms with Crippen molar-refractivity contribution in [3.8, 4) is 5.69 Å². The standard InChI is InChI=1S/C21H25FN4O/c1-13-19(14(2)26(23-13)17-7-5-16(22)6-8-17)18-11-15-12-24(3)20(27)21(15)9-4-10-25(18)21/h5-8,15,18H,4,9-12H2,1-3H3/t15-,18-,21-/m0/s1. The van der Waals surface area contributed by atoms with Crippen molar-refractivity contribution < 1.29 is 9.18 Å². The lowest BCUT2D eigenvalue weighted by atomic mass is 9.85. The van der Waals surface area contributed by atoms with Crippen LogP contribution in [-0.4, -0.2) is 51.2 Å². The van der Waals surface area contributed by atoms with Crippen LogP contribution >= 0.6 is 0 Å². The van der Waals surface area contributed by atoms with E-state index >= 15 is 0 Å². The van der Waals surface area contributed by atoms with Crippen LogP contribution in [0.5, 0.6) is 0 Å². The molecule has 3 fully saturated rings. The molecule has 1 spiro atoms. The van der Waals surface area contributed by atoms with Gasteiger partial charge in [-0.1, -0.05) is 0 Å². The topological polar surface area (TPSA) is 41.4 Å². The molecule has 3 saturated heterocycles. The molecule has 0 bridgehead atoms. The molecule has 0 aliphatic carbocycles. The van der Waals surface area contributed by atoms with E-state index in [4.69, 9.17) is 5.10 Å². The van der Waals surface area contributed by atoms with Gasteiger partial charge in [0, 0.05) is 36.8 Å².